The summed E-state index contributed by atoms with van der Waals surface area (Å²) in [7, 11) is 1.82. The lowest BCUT2D eigenvalue weighted by Gasteiger charge is -2.18. The number of carbonyl (C=O) groups excluding carboxylic acids is 1. The zero-order valence-electron chi connectivity index (χ0n) is 9.34. The predicted molar refractivity (Wildman–Crippen MR) is 58.8 cm³/mol. The van der Waals surface area contributed by atoms with Crippen molar-refractivity contribution in [3.8, 4) is 12.3 Å². The first-order valence-electron chi connectivity index (χ1n) is 4.96. The Bertz CT molecular complexity index is 206. The number of hydrogen-bond acceptors (Lipinski definition) is 2. The topological polar surface area (TPSA) is 32.3 Å². The van der Waals surface area contributed by atoms with Crippen molar-refractivity contribution >= 4 is 5.91 Å². The molecule has 0 bridgehead atoms. The van der Waals surface area contributed by atoms with Crippen molar-refractivity contribution in [2.45, 2.75) is 20.3 Å². The molecule has 0 radical (unpaired) electrons. The molecule has 0 aliphatic heterocycles. The lowest BCUT2D eigenvalue weighted by atomic mass is 10.1. The van der Waals surface area contributed by atoms with Gasteiger partial charge in [-0.15, -0.1) is 6.42 Å². The molecule has 1 amide bonds. The Morgan fingerprint density at radius 3 is 2.71 bits per heavy atom. The van der Waals surface area contributed by atoms with Crippen LogP contribution in [0.25, 0.3) is 0 Å². The van der Waals surface area contributed by atoms with E-state index in [1.54, 1.807) is 4.90 Å². The molecule has 0 unspecified atom stereocenters. The second kappa shape index (κ2) is 7.40. The van der Waals surface area contributed by atoms with Gasteiger partial charge < -0.3 is 4.90 Å². The van der Waals surface area contributed by atoms with Gasteiger partial charge in [0.25, 0.3) is 0 Å². The fourth-order valence-electron chi connectivity index (χ4n) is 0.953. The monoisotopic (exact) mass is 196 g/mol. The Balaban J connectivity index is 3.61. The molecule has 14 heavy (non-hydrogen) atoms. The van der Waals surface area contributed by atoms with Gasteiger partial charge in [0, 0.05) is 13.6 Å². The van der Waals surface area contributed by atoms with Gasteiger partial charge in [-0.05, 0) is 12.3 Å². The van der Waals surface area contributed by atoms with Crippen LogP contribution < -0.4 is 5.32 Å². The molecule has 0 aliphatic carbocycles. The summed E-state index contributed by atoms with van der Waals surface area (Å²) in [5.41, 5.74) is 0. The Hall–Kier alpha value is -1.01. The van der Waals surface area contributed by atoms with Crippen LogP contribution in [-0.4, -0.2) is 37.5 Å². The first-order chi connectivity index (χ1) is 6.57. The summed E-state index contributed by atoms with van der Waals surface area (Å²) in [5.74, 6) is 3.16. The molecular formula is C11H20N2O. The van der Waals surface area contributed by atoms with Crippen molar-refractivity contribution in [2.75, 3.05) is 26.7 Å². The van der Waals surface area contributed by atoms with E-state index < -0.39 is 0 Å². The number of amides is 1. The molecule has 80 valence electrons. The molecule has 0 fully saturated rings. The van der Waals surface area contributed by atoms with E-state index in [9.17, 15) is 4.79 Å². The Morgan fingerprint density at radius 1 is 1.57 bits per heavy atom. The van der Waals surface area contributed by atoms with Gasteiger partial charge in [-0.1, -0.05) is 19.8 Å². The molecule has 0 aromatic heterocycles. The molecular weight excluding hydrogens is 176 g/mol. The average Bonchev–Trinajstić information content (AvgIpc) is 2.14. The third kappa shape index (κ3) is 6.50. The predicted octanol–water partition coefficient (Wildman–Crippen LogP) is 0.714. The summed E-state index contributed by atoms with van der Waals surface area (Å²) < 4.78 is 0. The normalized spacial score (nSPS) is 9.93. The van der Waals surface area contributed by atoms with Crippen molar-refractivity contribution in [2.24, 2.45) is 5.92 Å². The van der Waals surface area contributed by atoms with Crippen molar-refractivity contribution in [3.05, 3.63) is 0 Å². The summed E-state index contributed by atoms with van der Waals surface area (Å²) >= 11 is 0. The molecule has 0 spiro atoms. The van der Waals surface area contributed by atoms with Crippen molar-refractivity contribution < 1.29 is 4.79 Å². The molecule has 3 nitrogen and oxygen atoms in total. The minimum Gasteiger partial charge on any atom is -0.345 e. The smallest absolute Gasteiger partial charge is 0.236 e. The number of hydrogen-bond donors (Lipinski definition) is 1. The van der Waals surface area contributed by atoms with E-state index in [-0.39, 0.29) is 5.91 Å². The van der Waals surface area contributed by atoms with Gasteiger partial charge in [0.2, 0.25) is 5.91 Å². The fraction of sp³-hybridized carbons (Fsp3) is 0.727. The molecule has 0 aromatic carbocycles. The minimum absolute atomic E-state index is 0.0981. The highest BCUT2D eigenvalue weighted by atomic mass is 16.2. The van der Waals surface area contributed by atoms with Crippen LogP contribution in [0.5, 0.6) is 0 Å². The van der Waals surface area contributed by atoms with Crippen LogP contribution in [0.1, 0.15) is 20.3 Å². The highest BCUT2D eigenvalue weighted by molar-refractivity contribution is 5.77. The second-order valence-electron chi connectivity index (χ2n) is 3.81. The largest absolute Gasteiger partial charge is 0.345 e. The van der Waals surface area contributed by atoms with Crippen LogP contribution in [0.2, 0.25) is 0 Å². The van der Waals surface area contributed by atoms with E-state index in [0.717, 1.165) is 13.0 Å². The summed E-state index contributed by atoms with van der Waals surface area (Å²) in [4.78, 5) is 13.2. The fourth-order valence-corrected chi connectivity index (χ4v) is 0.953. The third-order valence-corrected chi connectivity index (χ3v) is 1.97. The summed E-state index contributed by atoms with van der Waals surface area (Å²) in [6, 6.07) is 0. The Morgan fingerprint density at radius 2 is 2.21 bits per heavy atom. The number of likely N-dealkylation sites (N-methyl/N-ethyl adjacent to an activating group) is 1. The zero-order chi connectivity index (χ0) is 11.0. The van der Waals surface area contributed by atoms with E-state index in [4.69, 9.17) is 6.42 Å². The van der Waals surface area contributed by atoms with Crippen LogP contribution in [0.3, 0.4) is 0 Å². The molecule has 0 aliphatic rings. The highest BCUT2D eigenvalue weighted by Gasteiger charge is 2.07. The van der Waals surface area contributed by atoms with Gasteiger partial charge in [-0.25, -0.2) is 0 Å². The molecule has 0 rings (SSSR count). The maximum Gasteiger partial charge on any atom is 0.236 e. The van der Waals surface area contributed by atoms with E-state index in [1.165, 1.54) is 0 Å². The van der Waals surface area contributed by atoms with Crippen LogP contribution in [0.4, 0.5) is 0 Å². The maximum absolute atomic E-state index is 11.4. The van der Waals surface area contributed by atoms with Crippen LogP contribution in [-0.2, 0) is 4.79 Å². The lowest BCUT2D eigenvalue weighted by Crippen LogP contribution is -2.36. The van der Waals surface area contributed by atoms with E-state index in [0.29, 0.717) is 19.0 Å². The van der Waals surface area contributed by atoms with E-state index >= 15 is 0 Å². The third-order valence-electron chi connectivity index (χ3n) is 1.97. The van der Waals surface area contributed by atoms with E-state index in [1.807, 2.05) is 7.05 Å². The number of nitrogens with zero attached hydrogens (tertiary/aromatic N) is 1. The molecule has 0 heterocycles. The van der Waals surface area contributed by atoms with Crippen molar-refractivity contribution in [1.29, 1.82) is 0 Å². The second-order valence-corrected chi connectivity index (χ2v) is 3.81. The Labute approximate surface area is 86.9 Å². The number of nitrogens with one attached hydrogen (secondary N) is 1. The number of carbonyl (C=O) groups is 1. The molecule has 0 atom stereocenters. The van der Waals surface area contributed by atoms with Crippen molar-refractivity contribution in [1.82, 2.24) is 10.2 Å². The van der Waals surface area contributed by atoms with Gasteiger partial charge in [-0.3, -0.25) is 10.1 Å². The minimum atomic E-state index is 0.0981. The molecule has 1 N–H and O–H groups in total. The van der Waals surface area contributed by atoms with Gasteiger partial charge in [0.1, 0.15) is 0 Å². The quantitative estimate of drug-likeness (QED) is 0.501. The summed E-state index contributed by atoms with van der Waals surface area (Å²) in [6.07, 6.45) is 6.09. The first kappa shape index (κ1) is 13.0. The summed E-state index contributed by atoms with van der Waals surface area (Å²) in [5, 5.41) is 2.88. The molecule has 3 heteroatoms. The van der Waals surface area contributed by atoms with Crippen molar-refractivity contribution in [3.63, 3.8) is 0 Å². The Kier molecular flexibility index (Phi) is 6.87. The van der Waals surface area contributed by atoms with Gasteiger partial charge >= 0.3 is 0 Å². The van der Waals surface area contributed by atoms with Gasteiger partial charge in [0.05, 0.1) is 13.1 Å². The molecule has 0 saturated heterocycles. The number of rotatable bonds is 6. The lowest BCUT2D eigenvalue weighted by molar-refractivity contribution is -0.129. The van der Waals surface area contributed by atoms with Crippen LogP contribution in [0.15, 0.2) is 0 Å². The zero-order valence-corrected chi connectivity index (χ0v) is 9.34. The standard InChI is InChI=1S/C11H20N2O/c1-5-7-12-9-11(14)13(4)8-6-10(2)3/h1,10,12H,6-9H2,2-4H3. The first-order valence-corrected chi connectivity index (χ1v) is 4.96. The van der Waals surface area contributed by atoms with Gasteiger partial charge in [0.15, 0.2) is 0 Å². The molecule has 0 aromatic rings. The number of terminal acetylenes is 1. The van der Waals surface area contributed by atoms with E-state index in [2.05, 4.69) is 25.1 Å². The average molecular weight is 196 g/mol. The molecule has 0 saturated carbocycles. The summed E-state index contributed by atoms with van der Waals surface area (Å²) in [6.45, 7) is 5.89. The van der Waals surface area contributed by atoms with Crippen LogP contribution >= 0.6 is 0 Å². The van der Waals surface area contributed by atoms with Gasteiger partial charge in [-0.2, -0.15) is 0 Å². The highest BCUT2D eigenvalue weighted by Crippen LogP contribution is 2.00. The van der Waals surface area contributed by atoms with Crippen LogP contribution in [0, 0.1) is 18.3 Å². The SMILES string of the molecule is C#CCNCC(=O)N(C)CCC(C)C. The maximum atomic E-state index is 11.4.